The summed E-state index contributed by atoms with van der Waals surface area (Å²) in [7, 11) is 0. The van der Waals surface area contributed by atoms with Crippen LogP contribution in [0.25, 0.3) is 99.2 Å². The Morgan fingerprint density at radius 1 is 0.388 bits per heavy atom. The van der Waals surface area contributed by atoms with E-state index in [0.29, 0.717) is 0 Å². The van der Waals surface area contributed by atoms with Crippen LogP contribution in [0, 0.1) is 0 Å². The number of aromatic nitrogens is 4. The molecule has 0 aliphatic heterocycles. The fourth-order valence-electron chi connectivity index (χ4n) is 7.02. The smallest absolute Gasteiger partial charge is 0.135 e. The van der Waals surface area contributed by atoms with Crippen molar-refractivity contribution in [2.45, 2.75) is 0 Å². The zero-order chi connectivity index (χ0) is 32.3. The molecule has 0 aliphatic carbocycles. The first-order valence-corrected chi connectivity index (χ1v) is 16.3. The summed E-state index contributed by atoms with van der Waals surface area (Å²) in [6, 6.07) is 48.9. The van der Waals surface area contributed by atoms with Gasteiger partial charge < -0.3 is 4.42 Å². The Balaban J connectivity index is 1.10. The van der Waals surface area contributed by atoms with Gasteiger partial charge in [0.15, 0.2) is 0 Å². The number of hydrogen-bond acceptors (Lipinski definition) is 5. The third-order valence-corrected chi connectivity index (χ3v) is 9.47. The molecule has 5 heteroatoms. The van der Waals surface area contributed by atoms with Crippen molar-refractivity contribution < 1.29 is 4.42 Å². The van der Waals surface area contributed by atoms with Crippen LogP contribution >= 0.6 is 0 Å². The summed E-state index contributed by atoms with van der Waals surface area (Å²) < 4.78 is 6.15. The molecule has 49 heavy (non-hydrogen) atoms. The lowest BCUT2D eigenvalue weighted by Crippen LogP contribution is -1.90. The number of rotatable bonds is 4. The van der Waals surface area contributed by atoms with Crippen LogP contribution in [0.3, 0.4) is 0 Å². The van der Waals surface area contributed by atoms with Gasteiger partial charge in [-0.2, -0.15) is 5.10 Å². The fraction of sp³-hybridized carbons (Fsp3) is 0. The van der Waals surface area contributed by atoms with Crippen molar-refractivity contribution in [2.75, 3.05) is 0 Å². The highest BCUT2D eigenvalue weighted by Crippen LogP contribution is 2.38. The number of benzene rings is 6. The van der Waals surface area contributed by atoms with E-state index in [0.717, 1.165) is 99.2 Å². The predicted molar refractivity (Wildman–Crippen MR) is 199 cm³/mol. The average Bonchev–Trinajstić information content (AvgIpc) is 3.55. The van der Waals surface area contributed by atoms with E-state index in [1.54, 1.807) is 6.20 Å². The number of hydrogen-bond donors (Lipinski definition) is 0. The Bertz CT molecular complexity index is 2890. The van der Waals surface area contributed by atoms with Crippen LogP contribution in [0.15, 0.2) is 163 Å². The van der Waals surface area contributed by atoms with E-state index >= 15 is 0 Å². The van der Waals surface area contributed by atoms with Crippen LogP contribution in [0.4, 0.5) is 0 Å². The molecule has 10 aromatic rings. The number of fused-ring (bicyclic) bond motifs is 7. The summed E-state index contributed by atoms with van der Waals surface area (Å²) in [6.07, 6.45) is 5.51. The molecule has 0 aliphatic rings. The van der Waals surface area contributed by atoms with Crippen LogP contribution in [-0.2, 0) is 0 Å². The minimum atomic E-state index is 0.881. The SMILES string of the molecule is c1cc(-c2cc(-c3ccc(-c4cnc5c(ccc6cccnc65)c4)cc3)cc(-c3ccc4oc5ccccc5c4c3)c2)c2nnccc2c1. The summed E-state index contributed by atoms with van der Waals surface area (Å²) in [5, 5.41) is 14.2. The Morgan fingerprint density at radius 3 is 2.02 bits per heavy atom. The maximum atomic E-state index is 6.15. The zero-order valence-electron chi connectivity index (χ0n) is 26.2. The Hall–Kier alpha value is -6.72. The second-order valence-electron chi connectivity index (χ2n) is 12.4. The molecule has 0 unspecified atom stereocenters. The highest BCUT2D eigenvalue weighted by atomic mass is 16.3. The molecule has 6 aromatic carbocycles. The van der Waals surface area contributed by atoms with E-state index in [1.807, 2.05) is 36.7 Å². The van der Waals surface area contributed by atoms with Gasteiger partial charge in [0.05, 0.1) is 17.2 Å². The summed E-state index contributed by atoms with van der Waals surface area (Å²) in [6.45, 7) is 0. The monoisotopic (exact) mass is 626 g/mol. The Labute approximate surface area is 281 Å². The second-order valence-corrected chi connectivity index (χ2v) is 12.4. The molecule has 0 N–H and O–H groups in total. The molecule has 4 aromatic heterocycles. The number of pyridine rings is 2. The van der Waals surface area contributed by atoms with Gasteiger partial charge in [-0.3, -0.25) is 9.97 Å². The second kappa shape index (κ2) is 10.9. The number of nitrogens with zero attached hydrogens (tertiary/aromatic N) is 4. The molecule has 10 rings (SSSR count). The van der Waals surface area contributed by atoms with Gasteiger partial charge in [0.2, 0.25) is 0 Å². The van der Waals surface area contributed by atoms with Gasteiger partial charge in [-0.05, 0) is 88.0 Å². The standard InChI is InChI=1S/C44H26N4O/c1-2-9-40-38(7-1)39-25-31(16-17-41(39)49-40)34-22-33(23-35(24-34)37-8-3-5-30-18-20-47-48-42(30)37)27-10-12-28(13-11-27)36-21-32-15-14-29-6-4-19-45-43(29)44(32)46-26-36/h1-26H. The summed E-state index contributed by atoms with van der Waals surface area (Å²) in [4.78, 5) is 9.42. The zero-order valence-corrected chi connectivity index (χ0v) is 26.2. The lowest BCUT2D eigenvalue weighted by atomic mass is 9.91. The molecule has 0 spiro atoms. The minimum absolute atomic E-state index is 0.881. The molecule has 4 heterocycles. The molecule has 0 saturated carbocycles. The van der Waals surface area contributed by atoms with E-state index in [-0.39, 0.29) is 0 Å². The first-order valence-electron chi connectivity index (χ1n) is 16.3. The normalized spacial score (nSPS) is 11.7. The van der Waals surface area contributed by atoms with Crippen molar-refractivity contribution in [3.8, 4) is 44.5 Å². The minimum Gasteiger partial charge on any atom is -0.456 e. The lowest BCUT2D eigenvalue weighted by molar-refractivity contribution is 0.669. The third kappa shape index (κ3) is 4.63. The van der Waals surface area contributed by atoms with Crippen LogP contribution in [-0.4, -0.2) is 20.2 Å². The quantitative estimate of drug-likeness (QED) is 0.182. The van der Waals surface area contributed by atoms with Gasteiger partial charge in [0.25, 0.3) is 0 Å². The van der Waals surface area contributed by atoms with Gasteiger partial charge >= 0.3 is 0 Å². The van der Waals surface area contributed by atoms with Crippen molar-refractivity contribution in [3.63, 3.8) is 0 Å². The third-order valence-electron chi connectivity index (χ3n) is 9.47. The number of furan rings is 1. The number of para-hydroxylation sites is 1. The van der Waals surface area contributed by atoms with E-state index in [9.17, 15) is 0 Å². The first kappa shape index (κ1) is 27.4. The first-order chi connectivity index (χ1) is 24.2. The molecule has 0 bridgehead atoms. The molecule has 0 fully saturated rings. The summed E-state index contributed by atoms with van der Waals surface area (Å²) in [5.41, 5.74) is 13.3. The van der Waals surface area contributed by atoms with Gasteiger partial charge in [-0.25, -0.2) is 0 Å². The van der Waals surface area contributed by atoms with Crippen molar-refractivity contribution in [2.24, 2.45) is 0 Å². The molecule has 5 nitrogen and oxygen atoms in total. The van der Waals surface area contributed by atoms with E-state index < -0.39 is 0 Å². The van der Waals surface area contributed by atoms with Gasteiger partial charge in [-0.1, -0.05) is 84.9 Å². The topological polar surface area (TPSA) is 64.7 Å². The van der Waals surface area contributed by atoms with Crippen LogP contribution < -0.4 is 0 Å². The van der Waals surface area contributed by atoms with Crippen LogP contribution in [0.1, 0.15) is 0 Å². The van der Waals surface area contributed by atoms with Crippen molar-refractivity contribution >= 4 is 54.6 Å². The van der Waals surface area contributed by atoms with Crippen LogP contribution in [0.2, 0.25) is 0 Å². The molecule has 228 valence electrons. The van der Waals surface area contributed by atoms with Crippen molar-refractivity contribution in [1.29, 1.82) is 0 Å². The Morgan fingerprint density at radius 2 is 1.10 bits per heavy atom. The lowest BCUT2D eigenvalue weighted by Gasteiger charge is -2.13. The molecular weight excluding hydrogens is 601 g/mol. The summed E-state index contributed by atoms with van der Waals surface area (Å²) in [5.74, 6) is 0. The Kier molecular flexibility index (Phi) is 6.11. The van der Waals surface area contributed by atoms with Crippen LogP contribution in [0.5, 0.6) is 0 Å². The van der Waals surface area contributed by atoms with Crippen molar-refractivity contribution in [1.82, 2.24) is 20.2 Å². The van der Waals surface area contributed by atoms with Crippen molar-refractivity contribution in [3.05, 3.63) is 158 Å². The van der Waals surface area contributed by atoms with E-state index in [4.69, 9.17) is 9.40 Å². The fourth-order valence-corrected chi connectivity index (χ4v) is 7.02. The largest absolute Gasteiger partial charge is 0.456 e. The van der Waals surface area contributed by atoms with Gasteiger partial charge in [0, 0.05) is 50.5 Å². The van der Waals surface area contributed by atoms with E-state index in [2.05, 4.69) is 130 Å². The molecule has 0 atom stereocenters. The average molecular weight is 627 g/mol. The van der Waals surface area contributed by atoms with Gasteiger partial charge in [-0.15, -0.1) is 5.10 Å². The highest BCUT2D eigenvalue weighted by molar-refractivity contribution is 6.07. The summed E-state index contributed by atoms with van der Waals surface area (Å²) >= 11 is 0. The van der Waals surface area contributed by atoms with E-state index in [1.165, 1.54) is 0 Å². The molecule has 0 saturated heterocycles. The van der Waals surface area contributed by atoms with Gasteiger partial charge in [0.1, 0.15) is 16.7 Å². The molecular formula is C44H26N4O. The maximum absolute atomic E-state index is 6.15. The predicted octanol–water partition coefficient (Wildman–Crippen LogP) is 11.3. The highest BCUT2D eigenvalue weighted by Gasteiger charge is 2.14. The molecule has 0 amide bonds. The maximum Gasteiger partial charge on any atom is 0.135 e. The molecule has 0 radical (unpaired) electrons.